The fourth-order valence-electron chi connectivity index (χ4n) is 3.53. The summed E-state index contributed by atoms with van der Waals surface area (Å²) in [5.74, 6) is 0.292. The smallest absolute Gasteiger partial charge is 0.251 e. The first-order valence-electron chi connectivity index (χ1n) is 10.3. The van der Waals surface area contributed by atoms with Crippen molar-refractivity contribution in [1.29, 1.82) is 0 Å². The van der Waals surface area contributed by atoms with Gasteiger partial charge in [0.05, 0.1) is 12.0 Å². The zero-order valence-corrected chi connectivity index (χ0v) is 18.8. The van der Waals surface area contributed by atoms with Crippen LogP contribution in [0, 0.1) is 5.82 Å². The molecule has 0 atom stereocenters. The summed E-state index contributed by atoms with van der Waals surface area (Å²) >= 11 is 0. The lowest BCUT2D eigenvalue weighted by Crippen LogP contribution is -2.32. The van der Waals surface area contributed by atoms with E-state index in [2.05, 4.69) is 5.32 Å². The highest BCUT2D eigenvalue weighted by atomic mass is 32.2. The molecule has 4 rings (SSSR count). The maximum atomic E-state index is 13.8. The van der Waals surface area contributed by atoms with E-state index in [1.807, 2.05) is 0 Å². The van der Waals surface area contributed by atoms with Gasteiger partial charge in [-0.1, -0.05) is 18.2 Å². The second kappa shape index (κ2) is 9.60. The average Bonchev–Trinajstić information content (AvgIpc) is 3.06. The number of nitrogens with one attached hydrogen (secondary N) is 1. The highest BCUT2D eigenvalue weighted by Crippen LogP contribution is 2.28. The van der Waals surface area contributed by atoms with E-state index >= 15 is 0 Å². The van der Waals surface area contributed by atoms with Gasteiger partial charge in [0.1, 0.15) is 23.9 Å². The molecule has 7 nitrogen and oxygen atoms in total. The van der Waals surface area contributed by atoms with Crippen LogP contribution in [-0.2, 0) is 23.1 Å². The Balaban J connectivity index is 1.53. The molecule has 1 N–H and O–H groups in total. The SMILES string of the molecule is COc1ccc(S(=O)(=O)N2CCOc3ccc(C(=O)NCc4ccccc4F)cc3C2)cc1. The number of carbonyl (C=O) groups excluding carboxylic acids is 1. The second-order valence-electron chi connectivity index (χ2n) is 7.46. The molecular weight excluding hydrogens is 447 g/mol. The average molecular weight is 471 g/mol. The van der Waals surface area contributed by atoms with Crippen LogP contribution < -0.4 is 14.8 Å². The van der Waals surface area contributed by atoms with Crippen molar-refractivity contribution in [3.63, 3.8) is 0 Å². The fraction of sp³-hybridized carbons (Fsp3) is 0.208. The number of fused-ring (bicyclic) bond motifs is 1. The molecule has 0 spiro atoms. The molecule has 3 aromatic rings. The van der Waals surface area contributed by atoms with Gasteiger partial charge in [-0.05, 0) is 48.5 Å². The van der Waals surface area contributed by atoms with E-state index in [0.717, 1.165) is 0 Å². The lowest BCUT2D eigenvalue weighted by atomic mass is 10.1. The van der Waals surface area contributed by atoms with Crippen molar-refractivity contribution >= 4 is 15.9 Å². The summed E-state index contributed by atoms with van der Waals surface area (Å²) in [4.78, 5) is 12.8. The largest absolute Gasteiger partial charge is 0.497 e. The lowest BCUT2D eigenvalue weighted by molar-refractivity contribution is 0.0950. The van der Waals surface area contributed by atoms with Crippen molar-refractivity contribution < 1.29 is 27.1 Å². The van der Waals surface area contributed by atoms with E-state index in [4.69, 9.17) is 9.47 Å². The zero-order valence-electron chi connectivity index (χ0n) is 18.0. The van der Waals surface area contributed by atoms with Crippen LogP contribution in [0.15, 0.2) is 71.6 Å². The molecule has 0 unspecified atom stereocenters. The second-order valence-corrected chi connectivity index (χ2v) is 9.40. The lowest BCUT2D eigenvalue weighted by Gasteiger charge is -2.20. The first kappa shape index (κ1) is 22.8. The van der Waals surface area contributed by atoms with Gasteiger partial charge in [-0.25, -0.2) is 12.8 Å². The Morgan fingerprint density at radius 2 is 1.88 bits per heavy atom. The molecule has 0 radical (unpaired) electrons. The number of nitrogens with zero attached hydrogens (tertiary/aromatic N) is 1. The van der Waals surface area contributed by atoms with Gasteiger partial charge in [-0.2, -0.15) is 4.31 Å². The summed E-state index contributed by atoms with van der Waals surface area (Å²) in [6.45, 7) is 0.439. The summed E-state index contributed by atoms with van der Waals surface area (Å²) in [5.41, 5.74) is 1.28. The molecule has 1 aliphatic heterocycles. The van der Waals surface area contributed by atoms with Crippen molar-refractivity contribution in [3.8, 4) is 11.5 Å². The minimum Gasteiger partial charge on any atom is -0.497 e. The van der Waals surface area contributed by atoms with Crippen LogP contribution in [0.5, 0.6) is 11.5 Å². The standard InChI is InChI=1S/C24H23FN2O5S/c1-31-20-7-9-21(10-8-20)33(29,30)27-12-13-32-23-11-6-17(14-19(23)16-27)24(28)26-15-18-4-2-3-5-22(18)25/h2-11,14H,12-13,15-16H2,1H3,(H,26,28). The van der Waals surface area contributed by atoms with Crippen molar-refractivity contribution in [2.45, 2.75) is 18.0 Å². The summed E-state index contributed by atoms with van der Waals surface area (Å²) in [6, 6.07) is 17.2. The molecule has 3 aromatic carbocycles. The van der Waals surface area contributed by atoms with Gasteiger partial charge in [-0.3, -0.25) is 4.79 Å². The number of amides is 1. The monoisotopic (exact) mass is 470 g/mol. The van der Waals surface area contributed by atoms with Crippen molar-refractivity contribution in [1.82, 2.24) is 9.62 Å². The first-order chi connectivity index (χ1) is 15.9. The van der Waals surface area contributed by atoms with E-state index in [9.17, 15) is 17.6 Å². The summed E-state index contributed by atoms with van der Waals surface area (Å²) in [6.07, 6.45) is 0. The minimum absolute atomic E-state index is 0.0388. The van der Waals surface area contributed by atoms with Crippen LogP contribution in [0.1, 0.15) is 21.5 Å². The van der Waals surface area contributed by atoms with Crippen LogP contribution in [0.3, 0.4) is 0 Å². The van der Waals surface area contributed by atoms with Crippen LogP contribution in [0.4, 0.5) is 4.39 Å². The first-order valence-corrected chi connectivity index (χ1v) is 11.7. The van der Waals surface area contributed by atoms with Gasteiger partial charge >= 0.3 is 0 Å². The Bertz CT molecular complexity index is 1260. The van der Waals surface area contributed by atoms with Gasteiger partial charge in [0, 0.05) is 36.3 Å². The number of hydrogen-bond acceptors (Lipinski definition) is 5. The maximum absolute atomic E-state index is 13.8. The van der Waals surface area contributed by atoms with E-state index in [1.165, 1.54) is 29.6 Å². The van der Waals surface area contributed by atoms with Crippen molar-refractivity contribution in [2.75, 3.05) is 20.3 Å². The molecule has 0 saturated carbocycles. The van der Waals surface area contributed by atoms with Crippen LogP contribution in [-0.4, -0.2) is 38.9 Å². The van der Waals surface area contributed by atoms with E-state index in [0.29, 0.717) is 28.2 Å². The molecule has 1 amide bonds. The number of rotatable bonds is 6. The third kappa shape index (κ3) is 4.99. The van der Waals surface area contributed by atoms with Gasteiger partial charge in [0.15, 0.2) is 0 Å². The molecule has 0 fully saturated rings. The summed E-state index contributed by atoms with van der Waals surface area (Å²) < 4.78 is 52.3. The summed E-state index contributed by atoms with van der Waals surface area (Å²) in [5, 5.41) is 2.69. The Kier molecular flexibility index (Phi) is 6.62. The van der Waals surface area contributed by atoms with Crippen molar-refractivity contribution in [2.24, 2.45) is 0 Å². The topological polar surface area (TPSA) is 84.9 Å². The molecule has 1 heterocycles. The zero-order chi connectivity index (χ0) is 23.4. The van der Waals surface area contributed by atoms with Crippen LogP contribution >= 0.6 is 0 Å². The van der Waals surface area contributed by atoms with E-state index < -0.39 is 21.7 Å². The van der Waals surface area contributed by atoms with Gasteiger partial charge in [0.25, 0.3) is 5.91 Å². The van der Waals surface area contributed by atoms with E-state index in [-0.39, 0.29) is 31.1 Å². The molecule has 0 aromatic heterocycles. The van der Waals surface area contributed by atoms with Gasteiger partial charge in [-0.15, -0.1) is 0 Å². The Morgan fingerprint density at radius 3 is 2.61 bits per heavy atom. The molecule has 33 heavy (non-hydrogen) atoms. The molecule has 9 heteroatoms. The minimum atomic E-state index is -3.78. The molecular formula is C24H23FN2O5S. The fourth-order valence-corrected chi connectivity index (χ4v) is 4.93. The Hall–Kier alpha value is -3.43. The number of benzene rings is 3. The molecule has 0 bridgehead atoms. The van der Waals surface area contributed by atoms with Crippen LogP contribution in [0.25, 0.3) is 0 Å². The quantitative estimate of drug-likeness (QED) is 0.597. The van der Waals surface area contributed by atoms with Gasteiger partial charge < -0.3 is 14.8 Å². The highest BCUT2D eigenvalue weighted by molar-refractivity contribution is 7.89. The Labute approximate surface area is 191 Å². The summed E-state index contributed by atoms with van der Waals surface area (Å²) in [7, 11) is -2.27. The normalized spacial score (nSPS) is 14.0. The number of methoxy groups -OCH3 is 1. The predicted molar refractivity (Wildman–Crippen MR) is 120 cm³/mol. The third-order valence-corrected chi connectivity index (χ3v) is 7.22. The van der Waals surface area contributed by atoms with Crippen LogP contribution in [0.2, 0.25) is 0 Å². The molecule has 0 saturated heterocycles. The molecule has 0 aliphatic carbocycles. The van der Waals surface area contributed by atoms with Gasteiger partial charge in [0.2, 0.25) is 10.0 Å². The van der Waals surface area contributed by atoms with Crippen molar-refractivity contribution in [3.05, 3.63) is 89.2 Å². The van der Waals surface area contributed by atoms with E-state index in [1.54, 1.807) is 48.5 Å². The predicted octanol–water partition coefficient (Wildman–Crippen LogP) is 3.35. The number of halogens is 1. The maximum Gasteiger partial charge on any atom is 0.251 e. The Morgan fingerprint density at radius 1 is 1.12 bits per heavy atom. The number of hydrogen-bond donors (Lipinski definition) is 1. The highest BCUT2D eigenvalue weighted by Gasteiger charge is 2.28. The third-order valence-electron chi connectivity index (χ3n) is 5.36. The number of sulfonamides is 1. The number of ether oxygens (including phenoxy) is 2. The molecule has 172 valence electrons. The molecule has 1 aliphatic rings. The number of carbonyl (C=O) groups is 1.